The summed E-state index contributed by atoms with van der Waals surface area (Å²) < 4.78 is 7.59. The summed E-state index contributed by atoms with van der Waals surface area (Å²) in [4.78, 5) is 46.3. The molecule has 1 aliphatic heterocycles. The monoisotopic (exact) mass is 668 g/mol. The SMILES string of the molecule is COCCCn1c([C@@H]2CCCN(C(=O)C[C@@H](Cc3ccc(-c4ccc(NC(N)=O)cc4)cc3)N(C(=O)O)C(C)(C)C)C2)nc2ccccc21. The normalized spacial score (nSPS) is 15.6. The molecule has 11 nitrogen and oxygen atoms in total. The smallest absolute Gasteiger partial charge is 0.408 e. The van der Waals surface area contributed by atoms with E-state index in [1.165, 1.54) is 4.90 Å². The van der Waals surface area contributed by atoms with E-state index in [1.54, 1.807) is 19.2 Å². The summed E-state index contributed by atoms with van der Waals surface area (Å²) in [6, 6.07) is 22.3. The number of fused-ring (bicyclic) bond motifs is 1. The lowest BCUT2D eigenvalue weighted by Crippen LogP contribution is -2.54. The first-order valence-corrected chi connectivity index (χ1v) is 16.9. The number of aromatic nitrogens is 2. The van der Waals surface area contributed by atoms with Crippen LogP contribution >= 0.6 is 0 Å². The van der Waals surface area contributed by atoms with Gasteiger partial charge in [-0.3, -0.25) is 9.69 Å². The van der Waals surface area contributed by atoms with Crippen LogP contribution in [0.25, 0.3) is 22.2 Å². The maximum Gasteiger partial charge on any atom is 0.408 e. The van der Waals surface area contributed by atoms with Crippen LogP contribution in [-0.2, 0) is 22.5 Å². The van der Waals surface area contributed by atoms with Gasteiger partial charge in [-0.25, -0.2) is 14.6 Å². The number of carbonyl (C=O) groups is 3. The van der Waals surface area contributed by atoms with Gasteiger partial charge in [0.2, 0.25) is 5.91 Å². The number of rotatable bonds is 12. The van der Waals surface area contributed by atoms with Crippen molar-refractivity contribution in [2.24, 2.45) is 5.73 Å². The van der Waals surface area contributed by atoms with Crippen molar-refractivity contribution in [2.75, 3.05) is 32.1 Å². The number of imidazole rings is 1. The molecule has 2 atom stereocenters. The van der Waals surface area contributed by atoms with Crippen LogP contribution in [0.2, 0.25) is 0 Å². The minimum Gasteiger partial charge on any atom is -0.465 e. The van der Waals surface area contributed by atoms with Crippen molar-refractivity contribution in [1.29, 1.82) is 0 Å². The van der Waals surface area contributed by atoms with Gasteiger partial charge in [-0.1, -0.05) is 48.5 Å². The standard InChI is InChI=1S/C38H48N6O5/c1-38(2,3)44(37(47)48)31(23-26-12-14-27(15-13-26)28-16-18-30(19-17-28)40-36(39)46)24-34(45)42-20-7-9-29(25-42)35-41-32-10-5-6-11-33(32)43(35)21-8-22-49-4/h5-6,10-19,29,31H,7-9,20-25H2,1-4H3,(H,47,48)(H3,39,40,46)/t29-,31-/m1/s1. The molecule has 1 saturated heterocycles. The zero-order valence-electron chi connectivity index (χ0n) is 28.9. The quantitative estimate of drug-likeness (QED) is 0.143. The number of piperidine rings is 1. The number of ether oxygens (including phenoxy) is 1. The third kappa shape index (κ3) is 8.77. The molecule has 0 unspecified atom stereocenters. The first kappa shape index (κ1) is 35.4. The number of methoxy groups -OCH3 is 1. The number of carboxylic acid groups (broad SMARTS) is 1. The Morgan fingerprint density at radius 1 is 1.04 bits per heavy atom. The number of primary amides is 1. The van der Waals surface area contributed by atoms with Crippen LogP contribution in [-0.4, -0.2) is 80.9 Å². The molecular weight excluding hydrogens is 620 g/mol. The van der Waals surface area contributed by atoms with Gasteiger partial charge in [0.25, 0.3) is 0 Å². The van der Waals surface area contributed by atoms with Gasteiger partial charge in [-0.05, 0) is 87.4 Å². The molecule has 1 fully saturated rings. The van der Waals surface area contributed by atoms with Crippen LogP contribution < -0.4 is 11.1 Å². The van der Waals surface area contributed by atoms with Crippen molar-refractivity contribution in [2.45, 2.75) is 76.9 Å². The van der Waals surface area contributed by atoms with Crippen molar-refractivity contribution in [3.63, 3.8) is 0 Å². The topological polar surface area (TPSA) is 143 Å². The van der Waals surface area contributed by atoms with E-state index >= 15 is 0 Å². The Kier molecular flexibility index (Phi) is 11.2. The number of hydrogen-bond acceptors (Lipinski definition) is 5. The summed E-state index contributed by atoms with van der Waals surface area (Å²) in [6.07, 6.45) is 2.07. The maximum atomic E-state index is 14.1. The Morgan fingerprint density at radius 2 is 1.71 bits per heavy atom. The molecule has 1 aliphatic rings. The van der Waals surface area contributed by atoms with Crippen LogP contribution in [0.5, 0.6) is 0 Å². The summed E-state index contributed by atoms with van der Waals surface area (Å²) in [6.45, 7) is 8.21. The lowest BCUT2D eigenvalue weighted by molar-refractivity contribution is -0.134. The number of urea groups is 1. The minimum absolute atomic E-state index is 0.0477. The van der Waals surface area contributed by atoms with Gasteiger partial charge in [0, 0.05) is 63.0 Å². The summed E-state index contributed by atoms with van der Waals surface area (Å²) in [7, 11) is 1.71. The molecular formula is C38H48N6O5. The third-order valence-electron chi connectivity index (χ3n) is 9.17. The Balaban J connectivity index is 1.34. The van der Waals surface area contributed by atoms with E-state index in [-0.39, 0.29) is 18.2 Å². The molecule has 1 aromatic heterocycles. The fourth-order valence-corrected chi connectivity index (χ4v) is 6.99. The van der Waals surface area contributed by atoms with Gasteiger partial charge in [-0.2, -0.15) is 0 Å². The summed E-state index contributed by atoms with van der Waals surface area (Å²) >= 11 is 0. The number of carbonyl (C=O) groups excluding carboxylic acids is 2. The van der Waals surface area contributed by atoms with Gasteiger partial charge >= 0.3 is 12.1 Å². The largest absolute Gasteiger partial charge is 0.465 e. The molecule has 0 saturated carbocycles. The molecule has 5 rings (SSSR count). The number of hydrogen-bond donors (Lipinski definition) is 3. The highest BCUT2D eigenvalue weighted by Gasteiger charge is 2.37. The number of para-hydroxylation sites is 2. The van der Waals surface area contributed by atoms with E-state index in [4.69, 9.17) is 15.5 Å². The van der Waals surface area contributed by atoms with E-state index in [1.807, 2.05) is 80.3 Å². The zero-order valence-corrected chi connectivity index (χ0v) is 28.9. The van der Waals surface area contributed by atoms with Gasteiger partial charge in [0.1, 0.15) is 5.82 Å². The first-order valence-electron chi connectivity index (χ1n) is 16.9. The van der Waals surface area contributed by atoms with E-state index < -0.39 is 23.7 Å². The highest BCUT2D eigenvalue weighted by Crippen LogP contribution is 2.31. The fraction of sp³-hybridized carbons (Fsp3) is 0.421. The van der Waals surface area contributed by atoms with Crippen molar-refractivity contribution < 1.29 is 24.2 Å². The van der Waals surface area contributed by atoms with Crippen LogP contribution in [0.4, 0.5) is 15.3 Å². The molecule has 11 heteroatoms. The van der Waals surface area contributed by atoms with Crippen LogP contribution in [0.1, 0.15) is 63.8 Å². The molecule has 260 valence electrons. The molecule has 2 heterocycles. The van der Waals surface area contributed by atoms with Crippen molar-refractivity contribution in [1.82, 2.24) is 19.4 Å². The third-order valence-corrected chi connectivity index (χ3v) is 9.17. The molecule has 0 spiro atoms. The van der Waals surface area contributed by atoms with Gasteiger partial charge in [0.05, 0.1) is 11.0 Å². The molecule has 0 bridgehead atoms. The second-order valence-electron chi connectivity index (χ2n) is 13.8. The predicted octanol–water partition coefficient (Wildman–Crippen LogP) is 6.72. The second kappa shape index (κ2) is 15.5. The predicted molar refractivity (Wildman–Crippen MR) is 192 cm³/mol. The van der Waals surface area contributed by atoms with E-state index in [0.717, 1.165) is 59.4 Å². The summed E-state index contributed by atoms with van der Waals surface area (Å²) in [5, 5.41) is 12.9. The average Bonchev–Trinajstić information content (AvgIpc) is 3.43. The lowest BCUT2D eigenvalue weighted by atomic mass is 9.93. The Labute approximate surface area is 288 Å². The van der Waals surface area contributed by atoms with Crippen molar-refractivity contribution in [3.8, 4) is 11.1 Å². The number of benzene rings is 3. The van der Waals surface area contributed by atoms with Crippen molar-refractivity contribution >= 4 is 34.8 Å². The van der Waals surface area contributed by atoms with Gasteiger partial charge in [0.15, 0.2) is 0 Å². The molecule has 4 aromatic rings. The van der Waals surface area contributed by atoms with Crippen LogP contribution in [0, 0.1) is 0 Å². The average molecular weight is 669 g/mol. The number of likely N-dealkylation sites (tertiary alicyclic amines) is 1. The second-order valence-corrected chi connectivity index (χ2v) is 13.8. The summed E-state index contributed by atoms with van der Waals surface area (Å²) in [5.74, 6) is 1.03. The number of aryl methyl sites for hydroxylation is 1. The number of amides is 4. The zero-order chi connectivity index (χ0) is 35.1. The fourth-order valence-electron chi connectivity index (χ4n) is 6.99. The van der Waals surface area contributed by atoms with Gasteiger partial charge in [-0.15, -0.1) is 0 Å². The number of anilines is 1. The van der Waals surface area contributed by atoms with E-state index in [9.17, 15) is 19.5 Å². The molecule has 4 amide bonds. The highest BCUT2D eigenvalue weighted by atomic mass is 16.5. The van der Waals surface area contributed by atoms with E-state index in [0.29, 0.717) is 31.8 Å². The van der Waals surface area contributed by atoms with E-state index in [2.05, 4.69) is 16.0 Å². The number of nitrogens with zero attached hydrogens (tertiary/aromatic N) is 4. The molecule has 0 radical (unpaired) electrons. The maximum absolute atomic E-state index is 14.1. The van der Waals surface area contributed by atoms with Gasteiger partial charge < -0.3 is 30.4 Å². The van der Waals surface area contributed by atoms with Crippen LogP contribution in [0.15, 0.2) is 72.8 Å². The number of nitrogens with two attached hydrogens (primary N) is 1. The van der Waals surface area contributed by atoms with Crippen LogP contribution in [0.3, 0.4) is 0 Å². The highest BCUT2D eigenvalue weighted by molar-refractivity contribution is 5.88. The Hall–Kier alpha value is -4.90. The molecule has 4 N–H and O–H groups in total. The molecule has 0 aliphatic carbocycles. The van der Waals surface area contributed by atoms with Crippen molar-refractivity contribution in [3.05, 3.63) is 84.2 Å². The number of nitrogens with one attached hydrogen (secondary N) is 1. The Morgan fingerprint density at radius 3 is 2.35 bits per heavy atom. The lowest BCUT2D eigenvalue weighted by Gasteiger charge is -2.41. The molecule has 3 aromatic carbocycles. The Bertz CT molecular complexity index is 1750. The molecule has 49 heavy (non-hydrogen) atoms. The summed E-state index contributed by atoms with van der Waals surface area (Å²) in [5.41, 5.74) is 10.0. The minimum atomic E-state index is -1.05. The first-order chi connectivity index (χ1) is 23.4.